The lowest BCUT2D eigenvalue weighted by Gasteiger charge is -2.34. The summed E-state index contributed by atoms with van der Waals surface area (Å²) >= 11 is 12.1. The van der Waals surface area contributed by atoms with Crippen molar-refractivity contribution in [3.05, 3.63) is 63.1 Å². The van der Waals surface area contributed by atoms with Gasteiger partial charge in [0.25, 0.3) is 0 Å². The summed E-state index contributed by atoms with van der Waals surface area (Å²) in [6.07, 6.45) is 0. The Morgan fingerprint density at radius 1 is 1.00 bits per heavy atom. The number of quaternary nitrogens is 1. The number of nitrogens with zero attached hydrogens (tertiary/aromatic N) is 1. The van der Waals surface area contributed by atoms with Gasteiger partial charge in [-0.05, 0) is 43.2 Å². The fourth-order valence-corrected chi connectivity index (χ4v) is 3.58. The van der Waals surface area contributed by atoms with E-state index in [9.17, 15) is 0 Å². The lowest BCUT2D eigenvalue weighted by molar-refractivity contribution is -0.914. The van der Waals surface area contributed by atoms with Crippen LogP contribution in [0.25, 0.3) is 0 Å². The molecule has 1 saturated heterocycles. The van der Waals surface area contributed by atoms with Crippen LogP contribution in [0.4, 0.5) is 5.69 Å². The zero-order chi connectivity index (χ0) is 16.4. The molecule has 122 valence electrons. The highest BCUT2D eigenvalue weighted by atomic mass is 35.5. The number of rotatable bonds is 3. The van der Waals surface area contributed by atoms with Crippen molar-refractivity contribution >= 4 is 28.9 Å². The van der Waals surface area contributed by atoms with Gasteiger partial charge in [0.2, 0.25) is 0 Å². The minimum atomic E-state index is 0.630. The number of benzene rings is 2. The maximum atomic E-state index is 6.12. The molecular formula is C19H23Cl2N2+. The molecule has 23 heavy (non-hydrogen) atoms. The van der Waals surface area contributed by atoms with Crippen molar-refractivity contribution in [2.75, 3.05) is 31.1 Å². The Morgan fingerprint density at radius 3 is 2.43 bits per heavy atom. The highest BCUT2D eigenvalue weighted by Crippen LogP contribution is 2.23. The smallest absolute Gasteiger partial charge is 0.103 e. The van der Waals surface area contributed by atoms with Crippen molar-refractivity contribution in [3.63, 3.8) is 0 Å². The second-order valence-electron chi connectivity index (χ2n) is 6.38. The van der Waals surface area contributed by atoms with Gasteiger partial charge in [0.1, 0.15) is 6.54 Å². The summed E-state index contributed by atoms with van der Waals surface area (Å²) in [4.78, 5) is 4.12. The van der Waals surface area contributed by atoms with E-state index in [-0.39, 0.29) is 0 Å². The van der Waals surface area contributed by atoms with Crippen LogP contribution in [-0.4, -0.2) is 26.2 Å². The first-order valence-corrected chi connectivity index (χ1v) is 8.89. The van der Waals surface area contributed by atoms with Crippen molar-refractivity contribution in [2.24, 2.45) is 0 Å². The van der Waals surface area contributed by atoms with Crippen molar-refractivity contribution in [3.8, 4) is 0 Å². The molecule has 0 amide bonds. The van der Waals surface area contributed by atoms with Crippen molar-refractivity contribution in [1.29, 1.82) is 0 Å². The minimum absolute atomic E-state index is 0.630. The summed E-state index contributed by atoms with van der Waals surface area (Å²) in [6, 6.07) is 12.6. The number of hydrogen-bond acceptors (Lipinski definition) is 1. The van der Waals surface area contributed by atoms with Crippen LogP contribution in [0, 0.1) is 13.8 Å². The van der Waals surface area contributed by atoms with Crippen LogP contribution in [0.1, 0.15) is 16.7 Å². The van der Waals surface area contributed by atoms with E-state index in [0.717, 1.165) is 32.7 Å². The lowest BCUT2D eigenvalue weighted by Crippen LogP contribution is -3.13. The van der Waals surface area contributed by atoms with Crippen LogP contribution in [0.5, 0.6) is 0 Å². The molecule has 0 bridgehead atoms. The molecule has 0 aromatic heterocycles. The quantitative estimate of drug-likeness (QED) is 0.890. The molecule has 0 atom stereocenters. The Morgan fingerprint density at radius 2 is 1.74 bits per heavy atom. The van der Waals surface area contributed by atoms with Crippen molar-refractivity contribution in [2.45, 2.75) is 20.4 Å². The van der Waals surface area contributed by atoms with E-state index in [1.807, 2.05) is 12.1 Å². The van der Waals surface area contributed by atoms with Gasteiger partial charge >= 0.3 is 0 Å². The summed E-state index contributed by atoms with van der Waals surface area (Å²) in [5.74, 6) is 0. The molecule has 2 nitrogen and oxygen atoms in total. The van der Waals surface area contributed by atoms with Gasteiger partial charge in [-0.2, -0.15) is 0 Å². The molecule has 3 rings (SSSR count). The van der Waals surface area contributed by atoms with Gasteiger partial charge < -0.3 is 9.80 Å². The standard InChI is InChI=1S/C19H22Cl2N2/c1-14-4-3-5-19(15(14)2)23-10-8-22(9-11-23)13-16-6-7-17(20)18(21)12-16/h3-7,12H,8-11,13H2,1-2H3/p+1. The van der Waals surface area contributed by atoms with Gasteiger partial charge in [-0.1, -0.05) is 41.4 Å². The van der Waals surface area contributed by atoms with E-state index in [1.54, 1.807) is 4.90 Å². The first kappa shape index (κ1) is 16.6. The molecule has 1 heterocycles. The number of anilines is 1. The molecule has 1 N–H and O–H groups in total. The van der Waals surface area contributed by atoms with Gasteiger partial charge in [-0.3, -0.25) is 0 Å². The van der Waals surface area contributed by atoms with Crippen molar-refractivity contribution < 1.29 is 4.90 Å². The predicted molar refractivity (Wildman–Crippen MR) is 99.0 cm³/mol. The SMILES string of the molecule is Cc1cccc(N2CC[NH+](Cc3ccc(Cl)c(Cl)c3)CC2)c1C. The number of nitrogens with one attached hydrogen (secondary N) is 1. The first-order chi connectivity index (χ1) is 11.0. The van der Waals surface area contributed by atoms with Gasteiger partial charge in [-0.25, -0.2) is 0 Å². The van der Waals surface area contributed by atoms with Crippen LogP contribution in [0.2, 0.25) is 10.0 Å². The molecule has 0 spiro atoms. The van der Waals surface area contributed by atoms with Crippen LogP contribution >= 0.6 is 23.2 Å². The average molecular weight is 350 g/mol. The van der Waals surface area contributed by atoms with E-state index >= 15 is 0 Å². The van der Waals surface area contributed by atoms with Gasteiger partial charge in [0.15, 0.2) is 0 Å². The summed E-state index contributed by atoms with van der Waals surface area (Å²) in [6.45, 7) is 9.91. The maximum absolute atomic E-state index is 6.12. The first-order valence-electron chi connectivity index (χ1n) is 8.13. The number of aryl methyl sites for hydroxylation is 1. The topological polar surface area (TPSA) is 7.68 Å². The molecule has 1 aliphatic heterocycles. The highest BCUT2D eigenvalue weighted by molar-refractivity contribution is 6.42. The Balaban J connectivity index is 1.62. The van der Waals surface area contributed by atoms with Crippen LogP contribution in [0.15, 0.2) is 36.4 Å². The third-order valence-corrected chi connectivity index (χ3v) is 5.56. The Labute approximate surface area is 148 Å². The third-order valence-electron chi connectivity index (χ3n) is 4.83. The zero-order valence-electron chi connectivity index (χ0n) is 13.7. The lowest BCUT2D eigenvalue weighted by atomic mass is 10.1. The molecule has 1 fully saturated rings. The van der Waals surface area contributed by atoms with Crippen LogP contribution in [-0.2, 0) is 6.54 Å². The van der Waals surface area contributed by atoms with E-state index in [4.69, 9.17) is 23.2 Å². The van der Waals surface area contributed by atoms with E-state index < -0.39 is 0 Å². The second kappa shape index (κ2) is 7.12. The molecule has 2 aromatic carbocycles. The fraction of sp³-hybridized carbons (Fsp3) is 0.368. The largest absolute Gasteiger partial charge is 0.360 e. The highest BCUT2D eigenvalue weighted by Gasteiger charge is 2.21. The average Bonchev–Trinajstić information content (AvgIpc) is 2.55. The van der Waals surface area contributed by atoms with Gasteiger partial charge in [0.05, 0.1) is 36.2 Å². The summed E-state index contributed by atoms with van der Waals surface area (Å²) < 4.78 is 0. The Hall–Kier alpha value is -1.22. The van der Waals surface area contributed by atoms with Gasteiger partial charge in [-0.15, -0.1) is 0 Å². The number of hydrogen-bond donors (Lipinski definition) is 1. The molecule has 0 aliphatic carbocycles. The van der Waals surface area contributed by atoms with E-state index in [0.29, 0.717) is 10.0 Å². The molecule has 0 saturated carbocycles. The van der Waals surface area contributed by atoms with Crippen molar-refractivity contribution in [1.82, 2.24) is 0 Å². The van der Waals surface area contributed by atoms with Gasteiger partial charge in [0, 0.05) is 11.3 Å². The molecular weight excluding hydrogens is 327 g/mol. The molecule has 4 heteroatoms. The summed E-state index contributed by atoms with van der Waals surface area (Å²) in [5, 5.41) is 1.28. The normalized spacial score (nSPS) is 15.9. The fourth-order valence-electron chi connectivity index (χ4n) is 3.26. The monoisotopic (exact) mass is 349 g/mol. The number of piperazine rings is 1. The second-order valence-corrected chi connectivity index (χ2v) is 7.20. The van der Waals surface area contributed by atoms with E-state index in [1.165, 1.54) is 22.4 Å². The zero-order valence-corrected chi connectivity index (χ0v) is 15.2. The predicted octanol–water partition coefficient (Wildman–Crippen LogP) is 3.52. The molecule has 0 unspecified atom stereocenters. The molecule has 2 aromatic rings. The Kier molecular flexibility index (Phi) is 5.15. The Bertz CT molecular complexity index is 692. The summed E-state index contributed by atoms with van der Waals surface area (Å²) in [5.41, 5.74) is 5.42. The molecule has 0 radical (unpaired) electrons. The van der Waals surface area contributed by atoms with E-state index in [2.05, 4.69) is 43.0 Å². The summed E-state index contributed by atoms with van der Waals surface area (Å²) in [7, 11) is 0. The minimum Gasteiger partial charge on any atom is -0.360 e. The third kappa shape index (κ3) is 3.82. The number of halogens is 2. The van der Waals surface area contributed by atoms with Crippen LogP contribution in [0.3, 0.4) is 0 Å². The maximum Gasteiger partial charge on any atom is 0.103 e. The van der Waals surface area contributed by atoms with Crippen LogP contribution < -0.4 is 9.80 Å². The molecule has 1 aliphatic rings.